The number of halogens is 2. The van der Waals surface area contributed by atoms with Crippen LogP contribution in [0.4, 0.5) is 14.5 Å². The fraction of sp³-hybridized carbons (Fsp3) is 0.235. The van der Waals surface area contributed by atoms with Crippen molar-refractivity contribution in [2.45, 2.75) is 30.9 Å². The number of hydrogen-bond donors (Lipinski definition) is 1. The molecule has 0 saturated heterocycles. The molecule has 0 aliphatic heterocycles. The number of nitrogens with one attached hydrogen (secondary N) is 1. The second kappa shape index (κ2) is 7.40. The van der Waals surface area contributed by atoms with Crippen LogP contribution in [0.5, 0.6) is 0 Å². The van der Waals surface area contributed by atoms with Gasteiger partial charge in [-0.15, -0.1) is 0 Å². The van der Waals surface area contributed by atoms with Gasteiger partial charge in [-0.05, 0) is 48.7 Å². The maximum Gasteiger partial charge on any atom is 0.288 e. The van der Waals surface area contributed by atoms with Gasteiger partial charge in [-0.25, -0.2) is 0 Å². The Labute approximate surface area is 132 Å². The third-order valence-electron chi connectivity index (χ3n) is 3.32. The summed E-state index contributed by atoms with van der Waals surface area (Å²) in [5.74, 6) is -2.70. The van der Waals surface area contributed by atoms with E-state index in [2.05, 4.69) is 5.32 Å². The van der Waals surface area contributed by atoms with Gasteiger partial charge in [0.05, 0.1) is 0 Å². The first-order valence-electron chi connectivity index (χ1n) is 6.96. The van der Waals surface area contributed by atoms with Gasteiger partial charge in [0.25, 0.3) is 11.7 Å². The Kier molecular flexibility index (Phi) is 5.55. The monoisotopic (exact) mass is 321 g/mol. The first-order chi connectivity index (χ1) is 10.5. The lowest BCUT2D eigenvalue weighted by atomic mass is 10.1. The third kappa shape index (κ3) is 4.07. The molecule has 5 heteroatoms. The van der Waals surface area contributed by atoms with Gasteiger partial charge >= 0.3 is 0 Å². The van der Waals surface area contributed by atoms with Gasteiger partial charge in [0, 0.05) is 16.1 Å². The van der Waals surface area contributed by atoms with E-state index in [4.69, 9.17) is 0 Å². The Morgan fingerprint density at radius 3 is 2.45 bits per heavy atom. The summed E-state index contributed by atoms with van der Waals surface area (Å²) in [6.07, 6.45) is 0.821. The highest BCUT2D eigenvalue weighted by atomic mass is 32.2. The highest BCUT2D eigenvalue weighted by Crippen LogP contribution is 2.26. The number of benzene rings is 2. The van der Waals surface area contributed by atoms with E-state index >= 15 is 0 Å². The van der Waals surface area contributed by atoms with Crippen molar-refractivity contribution >= 4 is 23.4 Å². The molecule has 0 aliphatic carbocycles. The van der Waals surface area contributed by atoms with E-state index in [0.717, 1.165) is 23.2 Å². The highest BCUT2D eigenvalue weighted by molar-refractivity contribution is 7.99. The zero-order valence-electron chi connectivity index (χ0n) is 12.4. The summed E-state index contributed by atoms with van der Waals surface area (Å²) in [6, 6.07) is 12.1. The minimum atomic E-state index is -2.46. The SMILES string of the molecule is CCc1cccc(C)c1NC(=O)c1ccc(SC(F)F)cc1. The van der Waals surface area contributed by atoms with Gasteiger partial charge in [0.15, 0.2) is 0 Å². The van der Waals surface area contributed by atoms with Crippen LogP contribution >= 0.6 is 11.8 Å². The summed E-state index contributed by atoms with van der Waals surface area (Å²) >= 11 is 0.466. The Hall–Kier alpha value is -1.88. The normalized spacial score (nSPS) is 10.8. The highest BCUT2D eigenvalue weighted by Gasteiger charge is 2.11. The van der Waals surface area contributed by atoms with Crippen LogP contribution in [-0.2, 0) is 6.42 Å². The Morgan fingerprint density at radius 2 is 1.86 bits per heavy atom. The summed E-state index contributed by atoms with van der Waals surface area (Å²) in [6.45, 7) is 3.97. The predicted molar refractivity (Wildman–Crippen MR) is 86.8 cm³/mol. The summed E-state index contributed by atoms with van der Waals surface area (Å²) in [5.41, 5.74) is 3.33. The lowest BCUT2D eigenvalue weighted by Crippen LogP contribution is -2.14. The number of rotatable bonds is 5. The Morgan fingerprint density at radius 1 is 1.18 bits per heavy atom. The molecule has 0 aromatic heterocycles. The van der Waals surface area contributed by atoms with E-state index in [1.807, 2.05) is 32.0 Å². The van der Waals surface area contributed by atoms with E-state index in [-0.39, 0.29) is 5.91 Å². The largest absolute Gasteiger partial charge is 0.321 e. The van der Waals surface area contributed by atoms with E-state index in [1.165, 1.54) is 12.1 Å². The van der Waals surface area contributed by atoms with Crippen LogP contribution < -0.4 is 5.32 Å². The third-order valence-corrected chi connectivity index (χ3v) is 4.04. The minimum absolute atomic E-state index is 0.238. The van der Waals surface area contributed by atoms with Crippen molar-refractivity contribution < 1.29 is 13.6 Å². The number of alkyl halides is 2. The smallest absolute Gasteiger partial charge is 0.288 e. The fourth-order valence-corrected chi connectivity index (χ4v) is 2.67. The molecular weight excluding hydrogens is 304 g/mol. The van der Waals surface area contributed by atoms with Crippen molar-refractivity contribution in [3.8, 4) is 0 Å². The molecule has 2 aromatic rings. The lowest BCUT2D eigenvalue weighted by molar-refractivity contribution is 0.102. The van der Waals surface area contributed by atoms with Crippen molar-refractivity contribution in [1.29, 1.82) is 0 Å². The first-order valence-corrected chi connectivity index (χ1v) is 7.84. The molecule has 2 rings (SSSR count). The number of anilines is 1. The topological polar surface area (TPSA) is 29.1 Å². The van der Waals surface area contributed by atoms with Gasteiger partial charge in [0.2, 0.25) is 0 Å². The number of aryl methyl sites for hydroxylation is 2. The van der Waals surface area contributed by atoms with E-state index in [1.54, 1.807) is 12.1 Å². The first kappa shape index (κ1) is 16.5. The van der Waals surface area contributed by atoms with Crippen molar-refractivity contribution in [3.63, 3.8) is 0 Å². The van der Waals surface area contributed by atoms with Crippen LogP contribution in [0.3, 0.4) is 0 Å². The quantitative estimate of drug-likeness (QED) is 0.774. The van der Waals surface area contributed by atoms with Crippen LogP contribution in [0.15, 0.2) is 47.4 Å². The molecule has 0 spiro atoms. The van der Waals surface area contributed by atoms with E-state index in [9.17, 15) is 13.6 Å². The molecule has 2 aromatic carbocycles. The Bertz CT molecular complexity index is 656. The zero-order valence-corrected chi connectivity index (χ0v) is 13.2. The number of para-hydroxylation sites is 1. The average molecular weight is 321 g/mol. The molecular formula is C17H17F2NOS. The molecule has 0 fully saturated rings. The molecule has 116 valence electrons. The second-order valence-corrected chi connectivity index (χ2v) is 5.88. The molecule has 0 aliphatic rings. The molecule has 22 heavy (non-hydrogen) atoms. The molecule has 0 heterocycles. The molecule has 2 nitrogen and oxygen atoms in total. The number of hydrogen-bond acceptors (Lipinski definition) is 2. The zero-order chi connectivity index (χ0) is 16.1. The summed E-state index contributed by atoms with van der Waals surface area (Å²) in [7, 11) is 0. The van der Waals surface area contributed by atoms with Crippen LogP contribution in [0.1, 0.15) is 28.4 Å². The van der Waals surface area contributed by atoms with Crippen LogP contribution in [0.2, 0.25) is 0 Å². The predicted octanol–water partition coefficient (Wildman–Crippen LogP) is 5.12. The summed E-state index contributed by atoms with van der Waals surface area (Å²) < 4.78 is 24.6. The van der Waals surface area contributed by atoms with Crippen LogP contribution in [-0.4, -0.2) is 11.7 Å². The van der Waals surface area contributed by atoms with E-state index < -0.39 is 5.76 Å². The van der Waals surface area contributed by atoms with Crippen LogP contribution in [0, 0.1) is 6.92 Å². The van der Waals surface area contributed by atoms with Crippen molar-refractivity contribution in [3.05, 3.63) is 59.2 Å². The number of carbonyl (C=O) groups is 1. The molecule has 0 bridgehead atoms. The Balaban J connectivity index is 2.16. The van der Waals surface area contributed by atoms with Gasteiger partial charge in [-0.2, -0.15) is 8.78 Å². The molecule has 0 atom stereocenters. The van der Waals surface area contributed by atoms with Gasteiger partial charge in [-0.1, -0.05) is 36.9 Å². The number of thioether (sulfide) groups is 1. The van der Waals surface area contributed by atoms with Gasteiger partial charge in [0.1, 0.15) is 0 Å². The molecule has 1 N–H and O–H groups in total. The molecule has 0 unspecified atom stereocenters. The van der Waals surface area contributed by atoms with Gasteiger partial charge in [-0.3, -0.25) is 4.79 Å². The summed E-state index contributed by atoms with van der Waals surface area (Å²) in [5, 5.41) is 2.91. The van der Waals surface area contributed by atoms with Crippen LogP contribution in [0.25, 0.3) is 0 Å². The molecule has 0 saturated carbocycles. The molecule has 0 radical (unpaired) electrons. The summed E-state index contributed by atoms with van der Waals surface area (Å²) in [4.78, 5) is 12.7. The second-order valence-electron chi connectivity index (χ2n) is 4.82. The van der Waals surface area contributed by atoms with Crippen molar-refractivity contribution in [2.24, 2.45) is 0 Å². The van der Waals surface area contributed by atoms with E-state index in [0.29, 0.717) is 22.2 Å². The standard InChI is InChI=1S/C17H17F2NOS/c1-3-12-6-4-5-11(2)15(12)20-16(21)13-7-9-14(10-8-13)22-17(18)19/h4-10,17H,3H2,1-2H3,(H,20,21). The fourth-order valence-electron chi connectivity index (χ4n) is 2.18. The lowest BCUT2D eigenvalue weighted by Gasteiger charge is -2.13. The maximum atomic E-state index is 12.3. The van der Waals surface area contributed by atoms with Crippen molar-refractivity contribution in [1.82, 2.24) is 0 Å². The minimum Gasteiger partial charge on any atom is -0.321 e. The number of amides is 1. The number of carbonyl (C=O) groups excluding carboxylic acids is 1. The van der Waals surface area contributed by atoms with Crippen molar-refractivity contribution in [2.75, 3.05) is 5.32 Å². The molecule has 1 amide bonds. The maximum absolute atomic E-state index is 12.3. The average Bonchev–Trinajstić information content (AvgIpc) is 2.49. The van der Waals surface area contributed by atoms with Gasteiger partial charge < -0.3 is 5.32 Å².